The smallest absolute Gasteiger partial charge is 0.424 e. The van der Waals surface area contributed by atoms with Gasteiger partial charge < -0.3 is 24.6 Å². The molecule has 3 unspecified atom stereocenters. The molecule has 14 heteroatoms. The average Bonchev–Trinajstić information content (AvgIpc) is 3.65. The number of aliphatic hydroxyl groups is 1. The second-order valence-corrected chi connectivity index (χ2v) is 13.4. The predicted molar refractivity (Wildman–Crippen MR) is 147 cm³/mol. The van der Waals surface area contributed by atoms with E-state index in [1.807, 2.05) is 0 Å². The van der Waals surface area contributed by atoms with E-state index in [1.54, 1.807) is 27.7 Å². The number of carbonyl (C=O) groups excluding carboxylic acids is 1. The molecule has 41 heavy (non-hydrogen) atoms. The molecule has 1 fully saturated rings. The first-order valence-electron chi connectivity index (χ1n) is 13.0. The average molecular weight is 620 g/mol. The van der Waals surface area contributed by atoms with Gasteiger partial charge in [-0.05, 0) is 64.3 Å². The Labute approximate surface area is 243 Å². The fourth-order valence-corrected chi connectivity index (χ4v) is 5.40. The minimum atomic E-state index is -5.26. The third-order valence-corrected chi connectivity index (χ3v) is 8.94. The Balaban J connectivity index is 1.65. The van der Waals surface area contributed by atoms with E-state index < -0.39 is 56.3 Å². The molecule has 1 aliphatic heterocycles. The number of aromatic nitrogens is 1. The number of amides is 1. The molecule has 3 N–H and O–H groups in total. The van der Waals surface area contributed by atoms with Crippen molar-refractivity contribution in [2.45, 2.75) is 75.1 Å². The number of benzene rings is 1. The summed E-state index contributed by atoms with van der Waals surface area (Å²) in [5.74, 6) is -0.189. The Morgan fingerprint density at radius 3 is 2.49 bits per heavy atom. The molecule has 2 aromatic rings. The van der Waals surface area contributed by atoms with Gasteiger partial charge in [0, 0.05) is 11.1 Å². The van der Waals surface area contributed by atoms with Gasteiger partial charge in [-0.2, -0.15) is 13.2 Å². The molecule has 2 heterocycles. The van der Waals surface area contributed by atoms with Gasteiger partial charge in [0.1, 0.15) is 6.61 Å². The fourth-order valence-electron chi connectivity index (χ4n) is 4.18. The Morgan fingerprint density at radius 2 is 1.93 bits per heavy atom. The molecule has 4 rings (SSSR count). The number of rotatable bonds is 10. The van der Waals surface area contributed by atoms with Crippen LogP contribution in [0.5, 0.6) is 17.2 Å². The van der Waals surface area contributed by atoms with Crippen LogP contribution in [0, 0.1) is 0 Å². The number of fused-ring (bicyclic) bond motifs is 1. The van der Waals surface area contributed by atoms with Crippen molar-refractivity contribution in [3.8, 4) is 17.2 Å². The van der Waals surface area contributed by atoms with E-state index in [0.29, 0.717) is 5.75 Å². The van der Waals surface area contributed by atoms with Crippen LogP contribution in [-0.4, -0.2) is 57.5 Å². The molecule has 1 aromatic carbocycles. The summed E-state index contributed by atoms with van der Waals surface area (Å²) in [5, 5.41) is 12.8. The number of hydrogen-bond donors (Lipinski definition) is 3. The number of methoxy groups -OCH3 is 1. The highest BCUT2D eigenvalue weighted by Gasteiger charge is 2.57. The monoisotopic (exact) mass is 619 g/mol. The van der Waals surface area contributed by atoms with E-state index in [0.717, 1.165) is 18.9 Å². The van der Waals surface area contributed by atoms with Crippen LogP contribution in [0.3, 0.4) is 0 Å². The minimum absolute atomic E-state index is 0.00160. The molecular formula is C27H33ClF3N3O6S. The second-order valence-electron chi connectivity index (χ2n) is 11.1. The molecule has 1 saturated carbocycles. The van der Waals surface area contributed by atoms with E-state index >= 15 is 0 Å². The Hall–Kier alpha value is -2.61. The molecule has 1 aromatic heterocycles. The van der Waals surface area contributed by atoms with Crippen molar-refractivity contribution < 1.29 is 41.5 Å². The molecule has 0 bridgehead atoms. The Morgan fingerprint density at radius 1 is 1.24 bits per heavy atom. The number of nitrogens with zero attached hydrogens (tertiary/aromatic N) is 1. The van der Waals surface area contributed by atoms with Crippen molar-refractivity contribution >= 4 is 28.5 Å². The topological polar surface area (TPSA) is 119 Å². The van der Waals surface area contributed by atoms with E-state index in [4.69, 9.17) is 25.8 Å². The van der Waals surface area contributed by atoms with Crippen LogP contribution in [0.15, 0.2) is 24.3 Å². The van der Waals surface area contributed by atoms with Crippen molar-refractivity contribution in [1.29, 1.82) is 0 Å². The highest BCUT2D eigenvalue weighted by atomic mass is 35.5. The SMILES string of the molecule is CCC1(NS(=O)C(C)(C)C)COc2c1cc(C(O)(CNC(=O)c1ccc(OC3CC3)c(OC)c1)C(F)(F)F)nc2Cl. The standard InChI is InChI=1S/C27H33ClF3N3O6S/c1-6-25(34-41(37)24(2,3)4)14-39-21-17(25)12-20(33-22(21)28)26(36,27(29,30)31)13-32-23(35)15-7-10-18(19(11-15)38-5)40-16-8-9-16/h7,10-12,16,34,36H,6,8-9,13-14H2,1-5H3,(H,32,35). The Kier molecular flexibility index (Phi) is 8.58. The van der Waals surface area contributed by atoms with Crippen LogP contribution >= 0.6 is 11.6 Å². The van der Waals surface area contributed by atoms with Gasteiger partial charge in [-0.1, -0.05) is 18.5 Å². The maximum atomic E-state index is 14.4. The van der Waals surface area contributed by atoms with Gasteiger partial charge in [0.2, 0.25) is 5.60 Å². The number of ether oxygens (including phenoxy) is 3. The highest BCUT2D eigenvalue weighted by Crippen LogP contribution is 2.47. The van der Waals surface area contributed by atoms with Gasteiger partial charge in [0.25, 0.3) is 5.91 Å². The maximum absolute atomic E-state index is 14.4. The van der Waals surface area contributed by atoms with Gasteiger partial charge in [0.05, 0.1) is 46.7 Å². The molecular weight excluding hydrogens is 587 g/mol. The summed E-state index contributed by atoms with van der Waals surface area (Å²) >= 11 is 6.26. The normalized spacial score (nSPS) is 20.9. The lowest BCUT2D eigenvalue weighted by Crippen LogP contribution is -2.52. The van der Waals surface area contributed by atoms with Gasteiger partial charge >= 0.3 is 6.18 Å². The number of nitrogens with one attached hydrogen (secondary N) is 2. The number of pyridine rings is 1. The molecule has 2 aliphatic rings. The van der Waals surface area contributed by atoms with Crippen LogP contribution < -0.4 is 24.2 Å². The quantitative estimate of drug-likeness (QED) is 0.335. The van der Waals surface area contributed by atoms with Crippen molar-refractivity contribution in [2.24, 2.45) is 0 Å². The molecule has 1 aliphatic carbocycles. The summed E-state index contributed by atoms with van der Waals surface area (Å²) in [4.78, 5) is 16.7. The lowest BCUT2D eigenvalue weighted by molar-refractivity contribution is -0.265. The third kappa shape index (κ3) is 6.27. The van der Waals surface area contributed by atoms with Crippen molar-refractivity contribution in [1.82, 2.24) is 15.0 Å². The van der Waals surface area contributed by atoms with E-state index in [-0.39, 0.29) is 41.8 Å². The molecule has 0 radical (unpaired) electrons. The lowest BCUT2D eigenvalue weighted by atomic mass is 9.88. The van der Waals surface area contributed by atoms with Crippen molar-refractivity contribution in [3.63, 3.8) is 0 Å². The number of hydrogen-bond acceptors (Lipinski definition) is 7. The zero-order chi connectivity index (χ0) is 30.4. The predicted octanol–water partition coefficient (Wildman–Crippen LogP) is 4.51. The van der Waals surface area contributed by atoms with Crippen molar-refractivity contribution in [2.75, 3.05) is 20.3 Å². The number of alkyl halides is 3. The van der Waals surface area contributed by atoms with Gasteiger partial charge in [-0.15, -0.1) is 0 Å². The summed E-state index contributed by atoms with van der Waals surface area (Å²) in [7, 11) is -0.232. The van der Waals surface area contributed by atoms with E-state index in [1.165, 1.54) is 25.3 Å². The van der Waals surface area contributed by atoms with Crippen LogP contribution in [0.2, 0.25) is 5.15 Å². The van der Waals surface area contributed by atoms with Crippen molar-refractivity contribution in [3.05, 3.63) is 46.2 Å². The summed E-state index contributed by atoms with van der Waals surface area (Å²) in [6, 6.07) is 5.28. The summed E-state index contributed by atoms with van der Waals surface area (Å²) in [6.07, 6.45) is -3.11. The van der Waals surface area contributed by atoms with Gasteiger partial charge in [-0.25, -0.2) is 13.9 Å². The largest absolute Gasteiger partial charge is 0.493 e. The van der Waals surface area contributed by atoms with E-state index in [2.05, 4.69) is 15.0 Å². The fraction of sp³-hybridized carbons (Fsp3) is 0.556. The first kappa shape index (κ1) is 31.3. The van der Waals surface area contributed by atoms with Crippen LogP contribution in [0.1, 0.15) is 68.6 Å². The summed E-state index contributed by atoms with van der Waals surface area (Å²) < 4.78 is 75.3. The third-order valence-electron chi connectivity index (χ3n) is 7.00. The molecule has 3 atom stereocenters. The summed E-state index contributed by atoms with van der Waals surface area (Å²) in [5.41, 5.74) is -5.44. The highest BCUT2D eigenvalue weighted by molar-refractivity contribution is 7.84. The molecule has 226 valence electrons. The first-order chi connectivity index (χ1) is 19.0. The zero-order valence-electron chi connectivity index (χ0n) is 23.3. The second kappa shape index (κ2) is 11.2. The molecule has 0 saturated heterocycles. The molecule has 9 nitrogen and oxygen atoms in total. The molecule has 0 spiro atoms. The van der Waals surface area contributed by atoms with Crippen LogP contribution in [-0.2, 0) is 22.1 Å². The lowest BCUT2D eigenvalue weighted by Gasteiger charge is -2.33. The van der Waals surface area contributed by atoms with Gasteiger partial charge in [-0.3, -0.25) is 4.79 Å². The van der Waals surface area contributed by atoms with Gasteiger partial charge in [0.15, 0.2) is 22.4 Å². The zero-order valence-corrected chi connectivity index (χ0v) is 24.9. The number of halogens is 4. The first-order valence-corrected chi connectivity index (χ1v) is 14.5. The van der Waals surface area contributed by atoms with Crippen LogP contribution in [0.25, 0.3) is 0 Å². The number of carbonyl (C=O) groups is 1. The summed E-state index contributed by atoms with van der Waals surface area (Å²) in [6.45, 7) is 5.67. The Bertz CT molecular complexity index is 1350. The maximum Gasteiger partial charge on any atom is 0.424 e. The van der Waals surface area contributed by atoms with E-state index in [9.17, 15) is 27.3 Å². The molecule has 1 amide bonds. The van der Waals surface area contributed by atoms with Crippen LogP contribution in [0.4, 0.5) is 13.2 Å². The minimum Gasteiger partial charge on any atom is -0.493 e.